The molecule has 8 heteroatoms. The van der Waals surface area contributed by atoms with Gasteiger partial charge in [-0.3, -0.25) is 10.1 Å². The lowest BCUT2D eigenvalue weighted by Crippen LogP contribution is -1.96. The lowest BCUT2D eigenvalue weighted by Gasteiger charge is -2.11. The summed E-state index contributed by atoms with van der Waals surface area (Å²) in [4.78, 5) is 14.6. The minimum absolute atomic E-state index is 0.0933. The van der Waals surface area contributed by atoms with Gasteiger partial charge in [0.15, 0.2) is 11.5 Å². The van der Waals surface area contributed by atoms with E-state index in [0.717, 1.165) is 0 Å². The molecule has 1 N–H and O–H groups in total. The topological polar surface area (TPSA) is 85.0 Å². The Kier molecular flexibility index (Phi) is 5.73. The van der Waals surface area contributed by atoms with Crippen LogP contribution in [0.4, 0.5) is 11.4 Å². The second-order valence-corrected chi connectivity index (χ2v) is 6.02. The normalized spacial score (nSPS) is 10.9. The first-order chi connectivity index (χ1) is 11.0. The number of phenols is 1. The molecule has 0 atom stereocenters. The molecule has 0 saturated carbocycles. The Morgan fingerprint density at radius 3 is 2.74 bits per heavy atom. The number of nitro benzene ring substituents is 1. The van der Waals surface area contributed by atoms with E-state index in [1.807, 2.05) is 0 Å². The fourth-order valence-corrected chi connectivity index (χ4v) is 2.68. The molecule has 2 rings (SSSR count). The van der Waals surface area contributed by atoms with E-state index in [0.29, 0.717) is 26.9 Å². The summed E-state index contributed by atoms with van der Waals surface area (Å²) in [6.07, 6.45) is 1.36. The van der Waals surface area contributed by atoms with Crippen LogP contribution in [0.2, 0.25) is 0 Å². The third-order valence-corrected chi connectivity index (χ3v) is 4.92. The Morgan fingerprint density at radius 1 is 1.39 bits per heavy atom. The predicted octanol–water partition coefficient (Wildman–Crippen LogP) is 4.97. The van der Waals surface area contributed by atoms with E-state index in [1.165, 1.54) is 18.3 Å². The molecule has 2 aromatic carbocycles. The number of phenolic OH excluding ortho intramolecular Hbond substituents is 1. The summed E-state index contributed by atoms with van der Waals surface area (Å²) in [6, 6.07) is 7.75. The molecule has 6 nitrogen and oxygen atoms in total. The van der Waals surface area contributed by atoms with Crippen molar-refractivity contribution in [3.63, 3.8) is 0 Å². The highest BCUT2D eigenvalue weighted by Gasteiger charge is 2.16. The average Bonchev–Trinajstić information content (AvgIpc) is 2.53. The van der Waals surface area contributed by atoms with Crippen molar-refractivity contribution < 1.29 is 14.8 Å². The zero-order valence-electron chi connectivity index (χ0n) is 12.0. The first-order valence-electron chi connectivity index (χ1n) is 6.57. The number of rotatable bonds is 5. The third kappa shape index (κ3) is 3.89. The Balaban J connectivity index is 2.50. The quantitative estimate of drug-likeness (QED) is 0.401. The molecule has 0 aliphatic carbocycles. The predicted molar refractivity (Wildman–Crippen MR) is 95.0 cm³/mol. The van der Waals surface area contributed by atoms with Crippen molar-refractivity contribution in [3.05, 3.63) is 55.0 Å². The van der Waals surface area contributed by atoms with E-state index in [2.05, 4.69) is 36.9 Å². The number of ether oxygens (including phenoxy) is 1. The van der Waals surface area contributed by atoms with E-state index >= 15 is 0 Å². The van der Waals surface area contributed by atoms with Crippen LogP contribution in [0.25, 0.3) is 0 Å². The van der Waals surface area contributed by atoms with Crippen LogP contribution < -0.4 is 4.74 Å². The van der Waals surface area contributed by atoms with Crippen molar-refractivity contribution in [2.24, 2.45) is 4.99 Å². The molecule has 0 radical (unpaired) electrons. The summed E-state index contributed by atoms with van der Waals surface area (Å²) in [6.45, 7) is 2.19. The summed E-state index contributed by atoms with van der Waals surface area (Å²) in [5, 5.41) is 21.3. The molecule has 0 spiro atoms. The largest absolute Gasteiger partial charge is 0.504 e. The SMILES string of the molecule is CCOc1cc(Br)c(Br)c(C=Nc2ccccc2[N+](=O)[O-])c1O. The van der Waals surface area contributed by atoms with Gasteiger partial charge >= 0.3 is 0 Å². The highest BCUT2D eigenvalue weighted by Crippen LogP contribution is 2.40. The van der Waals surface area contributed by atoms with Crippen molar-refractivity contribution in [2.45, 2.75) is 6.92 Å². The molecule has 0 aromatic heterocycles. The van der Waals surface area contributed by atoms with E-state index < -0.39 is 4.92 Å². The van der Waals surface area contributed by atoms with Gasteiger partial charge in [0, 0.05) is 21.2 Å². The summed E-state index contributed by atoms with van der Waals surface area (Å²) in [5.74, 6) is 0.204. The fourth-order valence-electron chi connectivity index (χ4n) is 1.86. The molecule has 0 aliphatic rings. The van der Waals surface area contributed by atoms with E-state index in [-0.39, 0.29) is 17.1 Å². The van der Waals surface area contributed by atoms with Crippen LogP contribution in [0.1, 0.15) is 12.5 Å². The first kappa shape index (κ1) is 17.4. The van der Waals surface area contributed by atoms with Crippen LogP contribution in [0, 0.1) is 10.1 Å². The summed E-state index contributed by atoms with van der Waals surface area (Å²) < 4.78 is 6.60. The molecule has 0 bridgehead atoms. The summed E-state index contributed by atoms with van der Waals surface area (Å²) in [7, 11) is 0. The lowest BCUT2D eigenvalue weighted by atomic mass is 10.2. The van der Waals surface area contributed by atoms with Crippen LogP contribution in [0.15, 0.2) is 44.3 Å². The third-order valence-electron chi connectivity index (χ3n) is 2.90. The molecule has 0 fully saturated rings. The van der Waals surface area contributed by atoms with Crippen LogP contribution >= 0.6 is 31.9 Å². The van der Waals surface area contributed by atoms with Gasteiger partial charge in [-0.25, -0.2) is 4.99 Å². The van der Waals surface area contributed by atoms with Gasteiger partial charge in [-0.15, -0.1) is 0 Å². The number of halogens is 2. The molecule has 0 saturated heterocycles. The summed E-state index contributed by atoms with van der Waals surface area (Å²) >= 11 is 6.71. The van der Waals surface area contributed by atoms with E-state index in [1.54, 1.807) is 25.1 Å². The zero-order valence-corrected chi connectivity index (χ0v) is 15.2. The Hall–Kier alpha value is -1.93. The minimum Gasteiger partial charge on any atom is -0.504 e. The Morgan fingerprint density at radius 2 is 2.09 bits per heavy atom. The van der Waals surface area contributed by atoms with Gasteiger partial charge in [-0.05, 0) is 50.9 Å². The second kappa shape index (κ2) is 7.56. The van der Waals surface area contributed by atoms with Crippen LogP contribution in [0.3, 0.4) is 0 Å². The van der Waals surface area contributed by atoms with Gasteiger partial charge < -0.3 is 9.84 Å². The van der Waals surface area contributed by atoms with Crippen molar-refractivity contribution in [1.29, 1.82) is 0 Å². The molecule has 0 unspecified atom stereocenters. The maximum absolute atomic E-state index is 11.0. The molecule has 0 aliphatic heterocycles. The van der Waals surface area contributed by atoms with Gasteiger partial charge in [0.2, 0.25) is 0 Å². The number of nitrogens with zero attached hydrogens (tertiary/aromatic N) is 2. The lowest BCUT2D eigenvalue weighted by molar-refractivity contribution is -0.384. The van der Waals surface area contributed by atoms with Gasteiger partial charge in [-0.2, -0.15) is 0 Å². The monoisotopic (exact) mass is 442 g/mol. The van der Waals surface area contributed by atoms with Crippen molar-refractivity contribution >= 4 is 49.4 Å². The molecular weight excluding hydrogens is 432 g/mol. The number of para-hydroxylation sites is 2. The van der Waals surface area contributed by atoms with Crippen molar-refractivity contribution in [2.75, 3.05) is 6.61 Å². The maximum Gasteiger partial charge on any atom is 0.294 e. The molecule has 0 amide bonds. The number of aromatic hydroxyl groups is 1. The number of nitro groups is 1. The standard InChI is InChI=1S/C15H12Br2N2O4/c1-2-23-13-7-10(16)14(17)9(15(13)20)8-18-11-5-3-4-6-12(11)19(21)22/h3-8,20H,2H2,1H3. The van der Waals surface area contributed by atoms with Gasteiger partial charge in [0.05, 0.1) is 17.1 Å². The van der Waals surface area contributed by atoms with Gasteiger partial charge in [-0.1, -0.05) is 12.1 Å². The number of hydrogen-bond donors (Lipinski definition) is 1. The Bertz CT molecular complexity index is 778. The number of aliphatic imine (C=N–C) groups is 1. The second-order valence-electron chi connectivity index (χ2n) is 4.37. The van der Waals surface area contributed by atoms with Crippen LogP contribution in [-0.4, -0.2) is 22.9 Å². The van der Waals surface area contributed by atoms with Crippen molar-refractivity contribution in [1.82, 2.24) is 0 Å². The van der Waals surface area contributed by atoms with Crippen LogP contribution in [0.5, 0.6) is 11.5 Å². The van der Waals surface area contributed by atoms with E-state index in [9.17, 15) is 15.2 Å². The molecule has 120 valence electrons. The molecule has 23 heavy (non-hydrogen) atoms. The summed E-state index contributed by atoms with van der Waals surface area (Å²) in [5.41, 5.74) is 0.446. The van der Waals surface area contributed by atoms with Gasteiger partial charge in [0.1, 0.15) is 5.69 Å². The van der Waals surface area contributed by atoms with Gasteiger partial charge in [0.25, 0.3) is 5.69 Å². The molecular formula is C15H12Br2N2O4. The average molecular weight is 444 g/mol. The zero-order chi connectivity index (χ0) is 17.0. The maximum atomic E-state index is 11.0. The minimum atomic E-state index is -0.506. The van der Waals surface area contributed by atoms with E-state index in [4.69, 9.17) is 4.74 Å². The Labute approximate surface area is 149 Å². The highest BCUT2D eigenvalue weighted by molar-refractivity contribution is 9.13. The molecule has 0 heterocycles. The fraction of sp³-hybridized carbons (Fsp3) is 0.133. The molecule has 2 aromatic rings. The number of benzene rings is 2. The number of hydrogen-bond acceptors (Lipinski definition) is 5. The first-order valence-corrected chi connectivity index (χ1v) is 8.15. The smallest absolute Gasteiger partial charge is 0.294 e. The highest BCUT2D eigenvalue weighted by atomic mass is 79.9. The van der Waals surface area contributed by atoms with Crippen molar-refractivity contribution in [3.8, 4) is 11.5 Å². The van der Waals surface area contributed by atoms with Crippen LogP contribution in [-0.2, 0) is 0 Å².